The van der Waals surface area contributed by atoms with Crippen molar-refractivity contribution in [2.24, 2.45) is 5.73 Å². The SMILES string of the molecule is CC(C)(NCCN(CCN)C(C)(C)P(=O)(O)O)P(=O)(O)O. The molecule has 0 aliphatic heterocycles. The molecular formula is C10H27N3O6P2. The first-order valence-corrected chi connectivity index (χ1v) is 9.70. The van der Waals surface area contributed by atoms with Crippen molar-refractivity contribution in [3.05, 3.63) is 0 Å². The van der Waals surface area contributed by atoms with Crippen molar-refractivity contribution in [1.82, 2.24) is 10.2 Å². The summed E-state index contributed by atoms with van der Waals surface area (Å²) in [4.78, 5) is 38.7. The third-order valence-electron chi connectivity index (χ3n) is 3.55. The number of nitrogens with zero attached hydrogens (tertiary/aromatic N) is 1. The van der Waals surface area contributed by atoms with Gasteiger partial charge >= 0.3 is 15.2 Å². The number of hydrogen-bond acceptors (Lipinski definition) is 5. The topological polar surface area (TPSA) is 156 Å². The lowest BCUT2D eigenvalue weighted by Crippen LogP contribution is -2.50. The molecule has 0 spiro atoms. The van der Waals surface area contributed by atoms with Crippen LogP contribution in [0.1, 0.15) is 27.7 Å². The largest absolute Gasteiger partial charge is 0.345 e. The van der Waals surface area contributed by atoms with Gasteiger partial charge in [0.25, 0.3) is 0 Å². The lowest BCUT2D eigenvalue weighted by molar-refractivity contribution is 0.155. The van der Waals surface area contributed by atoms with Crippen LogP contribution in [0.15, 0.2) is 0 Å². The predicted octanol–water partition coefficient (Wildman–Crippen LogP) is -0.336. The quantitative estimate of drug-likeness (QED) is 0.307. The molecule has 7 N–H and O–H groups in total. The molecule has 0 saturated heterocycles. The summed E-state index contributed by atoms with van der Waals surface area (Å²) in [5.74, 6) is 0. The molecule has 0 amide bonds. The lowest BCUT2D eigenvalue weighted by Gasteiger charge is -2.39. The van der Waals surface area contributed by atoms with Crippen LogP contribution in [-0.2, 0) is 9.13 Å². The van der Waals surface area contributed by atoms with Gasteiger partial charge in [0.1, 0.15) is 10.6 Å². The van der Waals surface area contributed by atoms with Crippen LogP contribution >= 0.6 is 15.2 Å². The zero-order valence-electron chi connectivity index (χ0n) is 12.9. The monoisotopic (exact) mass is 347 g/mol. The number of rotatable bonds is 9. The van der Waals surface area contributed by atoms with Crippen LogP contribution in [0.5, 0.6) is 0 Å². The van der Waals surface area contributed by atoms with Crippen molar-refractivity contribution in [2.45, 2.75) is 38.3 Å². The van der Waals surface area contributed by atoms with Gasteiger partial charge in [-0.1, -0.05) is 0 Å². The maximum Gasteiger partial charge on any atom is 0.345 e. The summed E-state index contributed by atoms with van der Waals surface area (Å²) in [5, 5.41) is -0.0987. The molecule has 0 aromatic heterocycles. The van der Waals surface area contributed by atoms with E-state index in [1.54, 1.807) is 0 Å². The van der Waals surface area contributed by atoms with Gasteiger partial charge in [-0.3, -0.25) is 14.0 Å². The van der Waals surface area contributed by atoms with Crippen LogP contribution in [0.2, 0.25) is 0 Å². The fourth-order valence-electron chi connectivity index (χ4n) is 1.60. The highest BCUT2D eigenvalue weighted by Crippen LogP contribution is 2.52. The molecule has 0 atom stereocenters. The first kappa shape index (κ1) is 21.2. The van der Waals surface area contributed by atoms with E-state index in [2.05, 4.69) is 5.32 Å². The second-order valence-electron chi connectivity index (χ2n) is 5.84. The summed E-state index contributed by atoms with van der Waals surface area (Å²) in [7, 11) is -8.70. The third kappa shape index (κ3) is 5.71. The maximum absolute atomic E-state index is 11.6. The average Bonchev–Trinajstić information content (AvgIpc) is 2.24. The van der Waals surface area contributed by atoms with Crippen LogP contribution < -0.4 is 11.1 Å². The molecule has 0 radical (unpaired) electrons. The van der Waals surface area contributed by atoms with E-state index in [0.29, 0.717) is 0 Å². The van der Waals surface area contributed by atoms with Crippen LogP contribution in [0.3, 0.4) is 0 Å². The molecule has 0 fully saturated rings. The molecule has 0 aromatic carbocycles. The maximum atomic E-state index is 11.6. The van der Waals surface area contributed by atoms with Crippen molar-refractivity contribution in [2.75, 3.05) is 26.2 Å². The third-order valence-corrected chi connectivity index (χ3v) is 6.88. The molecule has 9 nitrogen and oxygen atoms in total. The van der Waals surface area contributed by atoms with Crippen LogP contribution in [0.25, 0.3) is 0 Å². The Balaban J connectivity index is 4.85. The molecule has 21 heavy (non-hydrogen) atoms. The minimum atomic E-state index is -4.38. The van der Waals surface area contributed by atoms with E-state index in [4.69, 9.17) is 5.73 Å². The summed E-state index contributed by atoms with van der Waals surface area (Å²) in [6, 6.07) is 0. The Morgan fingerprint density at radius 3 is 1.81 bits per heavy atom. The van der Waals surface area contributed by atoms with Gasteiger partial charge in [-0.2, -0.15) is 0 Å². The zero-order chi connectivity index (χ0) is 17.1. The summed E-state index contributed by atoms with van der Waals surface area (Å²) in [6.07, 6.45) is 0. The Bertz CT molecular complexity index is 431. The van der Waals surface area contributed by atoms with Crippen molar-refractivity contribution < 1.29 is 28.7 Å². The minimum absolute atomic E-state index is 0.154. The van der Waals surface area contributed by atoms with E-state index in [-0.39, 0.29) is 26.2 Å². The number of hydrogen-bond donors (Lipinski definition) is 6. The van der Waals surface area contributed by atoms with E-state index < -0.39 is 25.8 Å². The average molecular weight is 347 g/mol. The van der Waals surface area contributed by atoms with Gasteiger partial charge < -0.3 is 30.6 Å². The van der Waals surface area contributed by atoms with E-state index in [0.717, 1.165) is 0 Å². The summed E-state index contributed by atoms with van der Waals surface area (Å²) < 4.78 is 22.8. The van der Waals surface area contributed by atoms with Gasteiger partial charge in [-0.25, -0.2) is 0 Å². The van der Waals surface area contributed by atoms with Crippen LogP contribution in [0.4, 0.5) is 0 Å². The highest BCUT2D eigenvalue weighted by Gasteiger charge is 2.43. The van der Waals surface area contributed by atoms with Crippen LogP contribution in [-0.4, -0.2) is 61.2 Å². The predicted molar refractivity (Wildman–Crippen MR) is 80.9 cm³/mol. The summed E-state index contributed by atoms with van der Waals surface area (Å²) in [5.41, 5.74) is 5.46. The molecule has 0 aromatic rings. The molecule has 0 saturated carbocycles. The van der Waals surface area contributed by atoms with Gasteiger partial charge in [-0.15, -0.1) is 0 Å². The molecule has 0 bridgehead atoms. The van der Waals surface area contributed by atoms with Gasteiger partial charge in [0.2, 0.25) is 0 Å². The van der Waals surface area contributed by atoms with Crippen LogP contribution in [0, 0.1) is 0 Å². The normalized spacial score (nSPS) is 14.8. The molecule has 0 heterocycles. The second-order valence-corrected chi connectivity index (χ2v) is 10.2. The molecule has 0 unspecified atom stereocenters. The summed E-state index contributed by atoms with van der Waals surface area (Å²) in [6.45, 7) is 6.39. The van der Waals surface area contributed by atoms with E-state index in [9.17, 15) is 28.7 Å². The minimum Gasteiger partial charge on any atom is -0.329 e. The van der Waals surface area contributed by atoms with E-state index >= 15 is 0 Å². The first-order valence-electron chi connectivity index (χ1n) is 6.48. The van der Waals surface area contributed by atoms with Gasteiger partial charge in [-0.05, 0) is 27.7 Å². The second kappa shape index (κ2) is 7.17. The standard InChI is InChI=1S/C10H27N3O6P2/c1-9(2,20(14,15)16)12-6-8-13(7-5-11)10(3,4)21(17,18)19/h12H,5-8,11H2,1-4H3,(H2,14,15,16)(H2,17,18,19). The molecule has 128 valence electrons. The summed E-state index contributed by atoms with van der Waals surface area (Å²) >= 11 is 0. The Morgan fingerprint density at radius 2 is 1.48 bits per heavy atom. The van der Waals surface area contributed by atoms with E-state index in [1.807, 2.05) is 0 Å². The Morgan fingerprint density at radius 1 is 1.00 bits per heavy atom. The van der Waals surface area contributed by atoms with Crippen molar-refractivity contribution >= 4 is 15.2 Å². The van der Waals surface area contributed by atoms with Crippen molar-refractivity contribution in [1.29, 1.82) is 0 Å². The lowest BCUT2D eigenvalue weighted by atomic mass is 10.3. The van der Waals surface area contributed by atoms with Crippen molar-refractivity contribution in [3.8, 4) is 0 Å². The van der Waals surface area contributed by atoms with Crippen molar-refractivity contribution in [3.63, 3.8) is 0 Å². The smallest absolute Gasteiger partial charge is 0.329 e. The molecule has 0 aliphatic rings. The van der Waals surface area contributed by atoms with Gasteiger partial charge in [0, 0.05) is 26.2 Å². The highest BCUT2D eigenvalue weighted by atomic mass is 31.2. The molecule has 0 aliphatic carbocycles. The Kier molecular flexibility index (Phi) is 7.23. The zero-order valence-corrected chi connectivity index (χ0v) is 14.6. The molecular weight excluding hydrogens is 320 g/mol. The van der Waals surface area contributed by atoms with Gasteiger partial charge in [0.05, 0.1) is 0 Å². The van der Waals surface area contributed by atoms with E-state index in [1.165, 1.54) is 32.6 Å². The fraction of sp³-hybridized carbons (Fsp3) is 1.00. The Labute approximate surface area is 125 Å². The number of nitrogens with one attached hydrogen (secondary N) is 1. The molecule has 0 rings (SSSR count). The highest BCUT2D eigenvalue weighted by molar-refractivity contribution is 7.53. The Hall–Kier alpha value is 0.180. The first-order chi connectivity index (χ1) is 9.17. The molecule has 11 heteroatoms. The van der Waals surface area contributed by atoms with Gasteiger partial charge in [0.15, 0.2) is 0 Å². The fourth-order valence-corrected chi connectivity index (χ4v) is 2.49. The number of nitrogens with two attached hydrogens (primary N) is 1.